The lowest BCUT2D eigenvalue weighted by atomic mass is 9.97. The minimum atomic E-state index is -1.08. The number of carbonyl (C=O) groups is 3. The van der Waals surface area contributed by atoms with Gasteiger partial charge in [-0.2, -0.15) is 0 Å². The first-order valence-electron chi connectivity index (χ1n) is 5.85. The molecule has 1 N–H and O–H groups in total. The zero-order valence-electron chi connectivity index (χ0n) is 10.9. The Bertz CT molecular complexity index is 614. The molecule has 0 radical (unpaired) electrons. The van der Waals surface area contributed by atoms with Crippen molar-refractivity contribution in [3.05, 3.63) is 32.7 Å². The van der Waals surface area contributed by atoms with Gasteiger partial charge in [0.2, 0.25) is 5.91 Å². The van der Waals surface area contributed by atoms with Gasteiger partial charge in [0.05, 0.1) is 5.56 Å². The summed E-state index contributed by atoms with van der Waals surface area (Å²) in [6.07, 6.45) is 0. The molecule has 0 saturated carbocycles. The third kappa shape index (κ3) is 2.64. The Kier molecular flexibility index (Phi) is 4.02. The smallest absolute Gasteiger partial charge is 0.256 e. The first-order valence-corrected chi connectivity index (χ1v) is 7.43. The molecule has 0 aliphatic carbocycles. The van der Waals surface area contributed by atoms with Gasteiger partial charge in [-0.1, -0.05) is 15.9 Å². The van der Waals surface area contributed by atoms with E-state index >= 15 is 0 Å². The topological polar surface area (TPSA) is 66.5 Å². The third-order valence-electron chi connectivity index (χ3n) is 3.19. The molecule has 1 heterocycles. The zero-order chi connectivity index (χ0) is 15.1. The molecule has 1 saturated heterocycles. The molecule has 5 nitrogen and oxygen atoms in total. The fourth-order valence-electron chi connectivity index (χ4n) is 1.92. The van der Waals surface area contributed by atoms with E-state index in [0.717, 1.165) is 4.47 Å². The lowest BCUT2D eigenvalue weighted by molar-refractivity contribution is -0.143. The molecule has 2 rings (SSSR count). The summed E-state index contributed by atoms with van der Waals surface area (Å²) in [5, 5.41) is 2.24. The van der Waals surface area contributed by atoms with E-state index in [1.165, 1.54) is 4.90 Å². The summed E-state index contributed by atoms with van der Waals surface area (Å²) < 4.78 is 1.36. The maximum atomic E-state index is 12.6. The second-order valence-electron chi connectivity index (χ2n) is 4.95. The number of benzene rings is 1. The Labute approximate surface area is 133 Å². The van der Waals surface area contributed by atoms with Crippen molar-refractivity contribution in [2.45, 2.75) is 19.4 Å². The first-order chi connectivity index (χ1) is 9.23. The molecule has 3 amide bonds. The molecule has 1 aliphatic rings. The fourth-order valence-corrected chi connectivity index (χ4v) is 2.69. The van der Waals surface area contributed by atoms with Gasteiger partial charge in [-0.3, -0.25) is 19.7 Å². The van der Waals surface area contributed by atoms with Gasteiger partial charge in [0, 0.05) is 8.95 Å². The van der Waals surface area contributed by atoms with Crippen LogP contribution in [0.25, 0.3) is 0 Å². The summed E-state index contributed by atoms with van der Waals surface area (Å²) in [5.74, 6) is -1.33. The number of nitrogens with one attached hydrogen (secondary N) is 1. The minimum absolute atomic E-state index is 0.142. The highest BCUT2D eigenvalue weighted by molar-refractivity contribution is 9.11. The first kappa shape index (κ1) is 15.2. The molecule has 0 unspecified atom stereocenters. The van der Waals surface area contributed by atoms with Crippen LogP contribution in [0.1, 0.15) is 24.2 Å². The summed E-state index contributed by atoms with van der Waals surface area (Å²) in [7, 11) is 0. The number of nitrogens with zero attached hydrogens (tertiary/aromatic N) is 1. The molecular weight excluding hydrogens is 392 g/mol. The van der Waals surface area contributed by atoms with Crippen LogP contribution in [0.3, 0.4) is 0 Å². The Hall–Kier alpha value is -1.21. The molecule has 106 valence electrons. The van der Waals surface area contributed by atoms with Crippen LogP contribution in [-0.2, 0) is 9.59 Å². The van der Waals surface area contributed by atoms with Gasteiger partial charge in [0.25, 0.3) is 11.8 Å². The number of piperazine rings is 1. The maximum Gasteiger partial charge on any atom is 0.256 e. The predicted octanol–water partition coefficient (Wildman–Crippen LogP) is 2.09. The number of carbonyl (C=O) groups excluding carboxylic acids is 3. The van der Waals surface area contributed by atoms with E-state index in [9.17, 15) is 14.4 Å². The van der Waals surface area contributed by atoms with Crippen molar-refractivity contribution in [1.29, 1.82) is 0 Å². The van der Waals surface area contributed by atoms with E-state index in [4.69, 9.17) is 0 Å². The summed E-state index contributed by atoms with van der Waals surface area (Å²) in [5.41, 5.74) is -0.679. The molecule has 1 fully saturated rings. The standard InChI is InChI=1S/C13H12Br2N2O3/c1-13(2)12(20)16-10(18)6-17(13)11(19)8-5-7(14)3-4-9(8)15/h3-5H,6H2,1-2H3,(H,16,18,20). The van der Waals surface area contributed by atoms with Crippen molar-refractivity contribution < 1.29 is 14.4 Å². The second-order valence-corrected chi connectivity index (χ2v) is 6.72. The molecule has 0 atom stereocenters. The van der Waals surface area contributed by atoms with Crippen molar-refractivity contribution >= 4 is 49.6 Å². The van der Waals surface area contributed by atoms with Gasteiger partial charge in [-0.15, -0.1) is 0 Å². The molecule has 1 aromatic carbocycles. The van der Waals surface area contributed by atoms with Gasteiger partial charge in [0.15, 0.2) is 0 Å². The Morgan fingerprint density at radius 2 is 1.95 bits per heavy atom. The van der Waals surface area contributed by atoms with Crippen LogP contribution in [-0.4, -0.2) is 34.7 Å². The lowest BCUT2D eigenvalue weighted by Crippen LogP contribution is -2.65. The van der Waals surface area contributed by atoms with E-state index in [1.807, 2.05) is 0 Å². The van der Waals surface area contributed by atoms with E-state index in [2.05, 4.69) is 37.2 Å². The Morgan fingerprint density at radius 1 is 1.30 bits per heavy atom. The zero-order valence-corrected chi connectivity index (χ0v) is 14.0. The average Bonchev–Trinajstić information content (AvgIpc) is 2.36. The highest BCUT2D eigenvalue weighted by Crippen LogP contribution is 2.27. The number of rotatable bonds is 1. The van der Waals surface area contributed by atoms with Crippen LogP contribution in [0.4, 0.5) is 0 Å². The number of hydrogen-bond donors (Lipinski definition) is 1. The highest BCUT2D eigenvalue weighted by Gasteiger charge is 2.44. The maximum absolute atomic E-state index is 12.6. The van der Waals surface area contributed by atoms with Gasteiger partial charge in [-0.25, -0.2) is 0 Å². The van der Waals surface area contributed by atoms with Crippen LogP contribution in [0, 0.1) is 0 Å². The molecular formula is C13H12Br2N2O3. The predicted molar refractivity (Wildman–Crippen MR) is 80.1 cm³/mol. The average molecular weight is 404 g/mol. The quantitative estimate of drug-likeness (QED) is 0.730. The number of imide groups is 1. The minimum Gasteiger partial charge on any atom is -0.315 e. The summed E-state index contributed by atoms with van der Waals surface area (Å²) in [6, 6.07) is 5.18. The number of hydrogen-bond acceptors (Lipinski definition) is 3. The van der Waals surface area contributed by atoms with Crippen molar-refractivity contribution in [2.75, 3.05) is 6.54 Å². The van der Waals surface area contributed by atoms with Gasteiger partial charge < -0.3 is 4.90 Å². The SMILES string of the molecule is CC1(C)C(=O)NC(=O)CN1C(=O)c1cc(Br)ccc1Br. The largest absolute Gasteiger partial charge is 0.315 e. The van der Waals surface area contributed by atoms with E-state index in [0.29, 0.717) is 10.0 Å². The molecule has 20 heavy (non-hydrogen) atoms. The molecule has 0 bridgehead atoms. The van der Waals surface area contributed by atoms with Gasteiger partial charge >= 0.3 is 0 Å². The Morgan fingerprint density at radius 3 is 2.60 bits per heavy atom. The van der Waals surface area contributed by atoms with E-state index < -0.39 is 17.4 Å². The van der Waals surface area contributed by atoms with Crippen molar-refractivity contribution in [1.82, 2.24) is 10.2 Å². The fraction of sp³-hybridized carbons (Fsp3) is 0.308. The normalized spacial score (nSPS) is 17.9. The van der Waals surface area contributed by atoms with Gasteiger partial charge in [0.1, 0.15) is 12.1 Å². The van der Waals surface area contributed by atoms with Crippen LogP contribution in [0.5, 0.6) is 0 Å². The monoisotopic (exact) mass is 402 g/mol. The molecule has 7 heteroatoms. The van der Waals surface area contributed by atoms with Crippen molar-refractivity contribution in [2.24, 2.45) is 0 Å². The Balaban J connectivity index is 2.43. The second kappa shape index (κ2) is 5.29. The van der Waals surface area contributed by atoms with Crippen LogP contribution in [0.2, 0.25) is 0 Å². The highest BCUT2D eigenvalue weighted by atomic mass is 79.9. The summed E-state index contributed by atoms with van der Waals surface area (Å²) in [6.45, 7) is 3.08. The molecule has 1 aromatic rings. The molecule has 0 aromatic heterocycles. The van der Waals surface area contributed by atoms with Crippen molar-refractivity contribution in [3.8, 4) is 0 Å². The third-order valence-corrected chi connectivity index (χ3v) is 4.37. The van der Waals surface area contributed by atoms with Crippen molar-refractivity contribution in [3.63, 3.8) is 0 Å². The lowest BCUT2D eigenvalue weighted by Gasteiger charge is -2.40. The summed E-state index contributed by atoms with van der Waals surface area (Å²) >= 11 is 6.61. The van der Waals surface area contributed by atoms with Gasteiger partial charge in [-0.05, 0) is 48.0 Å². The van der Waals surface area contributed by atoms with E-state index in [1.54, 1.807) is 32.0 Å². The molecule has 1 aliphatic heterocycles. The van der Waals surface area contributed by atoms with Crippen LogP contribution < -0.4 is 5.32 Å². The van der Waals surface area contributed by atoms with Crippen LogP contribution >= 0.6 is 31.9 Å². The molecule has 0 spiro atoms. The summed E-state index contributed by atoms with van der Waals surface area (Å²) in [4.78, 5) is 37.3. The number of halogens is 2. The van der Waals surface area contributed by atoms with Crippen LogP contribution in [0.15, 0.2) is 27.1 Å². The number of amides is 3. The van der Waals surface area contributed by atoms with E-state index in [-0.39, 0.29) is 12.5 Å².